The first-order valence-corrected chi connectivity index (χ1v) is 5.78. The molecule has 0 aliphatic heterocycles. The van der Waals surface area contributed by atoms with E-state index < -0.39 is 0 Å². The number of carbonyl (C=O) groups excluding carboxylic acids is 1. The van der Waals surface area contributed by atoms with Crippen LogP contribution in [0, 0.1) is 0 Å². The number of fused-ring (bicyclic) bond motifs is 1. The van der Waals surface area contributed by atoms with E-state index in [2.05, 4.69) is 10.3 Å². The van der Waals surface area contributed by atoms with Gasteiger partial charge in [-0.25, -0.2) is 0 Å². The molecule has 2 aromatic heterocycles. The first-order valence-electron chi connectivity index (χ1n) is 5.78. The van der Waals surface area contributed by atoms with Crippen LogP contribution >= 0.6 is 0 Å². The van der Waals surface area contributed by atoms with Crippen molar-refractivity contribution in [3.05, 3.63) is 48.4 Å². The lowest BCUT2D eigenvalue weighted by Gasteiger charge is -2.05. The van der Waals surface area contributed by atoms with Gasteiger partial charge in [-0.15, -0.1) is 0 Å². The van der Waals surface area contributed by atoms with Crippen LogP contribution in [0.3, 0.4) is 0 Å². The van der Waals surface area contributed by atoms with Gasteiger partial charge in [0, 0.05) is 23.9 Å². The van der Waals surface area contributed by atoms with E-state index in [9.17, 15) is 4.79 Å². The first kappa shape index (κ1) is 11.4. The van der Waals surface area contributed by atoms with Crippen LogP contribution in [0.25, 0.3) is 11.1 Å². The third kappa shape index (κ3) is 2.18. The standard InChI is InChI=1S/C14H12N2O3/c1-18-10-4-2-3-9(7-10)15-14(17)12-8-13-11(16-12)5-6-19-13/h2-8,16H,1H3,(H,15,17). The Hall–Kier alpha value is -2.69. The van der Waals surface area contributed by atoms with Gasteiger partial charge < -0.3 is 19.5 Å². The van der Waals surface area contributed by atoms with E-state index in [0.29, 0.717) is 22.7 Å². The normalized spacial score (nSPS) is 10.6. The van der Waals surface area contributed by atoms with E-state index in [1.54, 1.807) is 37.6 Å². The zero-order valence-electron chi connectivity index (χ0n) is 10.3. The van der Waals surface area contributed by atoms with Crippen LogP contribution < -0.4 is 10.1 Å². The Balaban J connectivity index is 1.82. The molecule has 0 unspecified atom stereocenters. The lowest BCUT2D eigenvalue weighted by Crippen LogP contribution is -2.12. The molecule has 3 rings (SSSR count). The SMILES string of the molecule is COc1cccc(NC(=O)c2cc3occc3[nH]2)c1. The summed E-state index contributed by atoms with van der Waals surface area (Å²) in [6.07, 6.45) is 1.57. The van der Waals surface area contributed by atoms with Gasteiger partial charge in [-0.05, 0) is 12.1 Å². The van der Waals surface area contributed by atoms with E-state index in [4.69, 9.17) is 9.15 Å². The smallest absolute Gasteiger partial charge is 0.272 e. The molecule has 0 spiro atoms. The second-order valence-corrected chi connectivity index (χ2v) is 4.07. The Morgan fingerprint density at radius 3 is 3.00 bits per heavy atom. The molecule has 19 heavy (non-hydrogen) atoms. The second-order valence-electron chi connectivity index (χ2n) is 4.07. The van der Waals surface area contributed by atoms with Crippen molar-refractivity contribution >= 4 is 22.7 Å². The van der Waals surface area contributed by atoms with E-state index >= 15 is 0 Å². The quantitative estimate of drug-likeness (QED) is 0.756. The molecule has 0 saturated carbocycles. The fourth-order valence-corrected chi connectivity index (χ4v) is 1.87. The molecule has 0 saturated heterocycles. The molecular weight excluding hydrogens is 244 g/mol. The highest BCUT2D eigenvalue weighted by Gasteiger charge is 2.11. The largest absolute Gasteiger partial charge is 0.497 e. The molecule has 96 valence electrons. The molecule has 5 nitrogen and oxygen atoms in total. The predicted octanol–water partition coefficient (Wildman–Crippen LogP) is 3.02. The Morgan fingerprint density at radius 1 is 1.32 bits per heavy atom. The van der Waals surface area contributed by atoms with Crippen molar-refractivity contribution in [2.75, 3.05) is 12.4 Å². The summed E-state index contributed by atoms with van der Waals surface area (Å²) in [5, 5.41) is 2.79. The summed E-state index contributed by atoms with van der Waals surface area (Å²) in [4.78, 5) is 15.0. The molecule has 5 heteroatoms. The highest BCUT2D eigenvalue weighted by atomic mass is 16.5. The third-order valence-electron chi connectivity index (χ3n) is 2.81. The van der Waals surface area contributed by atoms with Crippen LogP contribution in [-0.2, 0) is 0 Å². The van der Waals surface area contributed by atoms with E-state index in [-0.39, 0.29) is 5.91 Å². The number of rotatable bonds is 3. The highest BCUT2D eigenvalue weighted by molar-refractivity contribution is 6.05. The fourth-order valence-electron chi connectivity index (χ4n) is 1.87. The molecule has 0 atom stereocenters. The molecule has 0 aliphatic carbocycles. The molecule has 0 fully saturated rings. The number of ether oxygens (including phenoxy) is 1. The number of amides is 1. The van der Waals surface area contributed by atoms with Crippen molar-refractivity contribution in [3.63, 3.8) is 0 Å². The van der Waals surface area contributed by atoms with Crippen LogP contribution in [0.4, 0.5) is 5.69 Å². The Bertz CT molecular complexity index is 698. The molecule has 3 aromatic rings. The van der Waals surface area contributed by atoms with E-state index in [1.165, 1.54) is 0 Å². The van der Waals surface area contributed by atoms with Crippen molar-refractivity contribution in [1.29, 1.82) is 0 Å². The minimum atomic E-state index is -0.223. The molecule has 2 heterocycles. The maximum Gasteiger partial charge on any atom is 0.272 e. The van der Waals surface area contributed by atoms with Gasteiger partial charge in [-0.3, -0.25) is 4.79 Å². The topological polar surface area (TPSA) is 67.3 Å². The highest BCUT2D eigenvalue weighted by Crippen LogP contribution is 2.19. The van der Waals surface area contributed by atoms with Gasteiger partial charge in [0.05, 0.1) is 18.9 Å². The second kappa shape index (κ2) is 4.53. The number of methoxy groups -OCH3 is 1. The number of hydrogen-bond donors (Lipinski definition) is 2. The molecule has 0 bridgehead atoms. The van der Waals surface area contributed by atoms with Gasteiger partial charge in [0.1, 0.15) is 11.4 Å². The molecule has 2 N–H and O–H groups in total. The lowest BCUT2D eigenvalue weighted by molar-refractivity contribution is 0.102. The fraction of sp³-hybridized carbons (Fsp3) is 0.0714. The molecule has 0 aliphatic rings. The summed E-state index contributed by atoms with van der Waals surface area (Å²) < 4.78 is 10.3. The van der Waals surface area contributed by atoms with Crippen LogP contribution in [0.2, 0.25) is 0 Å². The monoisotopic (exact) mass is 256 g/mol. The summed E-state index contributed by atoms with van der Waals surface area (Å²) in [6.45, 7) is 0. The molecular formula is C14H12N2O3. The van der Waals surface area contributed by atoms with Gasteiger partial charge in [0.25, 0.3) is 5.91 Å². The van der Waals surface area contributed by atoms with Gasteiger partial charge in [-0.1, -0.05) is 6.07 Å². The maximum atomic E-state index is 12.1. The van der Waals surface area contributed by atoms with Crippen LogP contribution in [-0.4, -0.2) is 18.0 Å². The summed E-state index contributed by atoms with van der Waals surface area (Å²) in [5.74, 6) is 0.470. The van der Waals surface area contributed by atoms with Crippen molar-refractivity contribution in [2.45, 2.75) is 0 Å². The number of benzene rings is 1. The van der Waals surface area contributed by atoms with Gasteiger partial charge in [-0.2, -0.15) is 0 Å². The number of aromatic amines is 1. The van der Waals surface area contributed by atoms with E-state index in [0.717, 1.165) is 5.52 Å². The van der Waals surface area contributed by atoms with Crippen LogP contribution in [0.5, 0.6) is 5.75 Å². The Morgan fingerprint density at radius 2 is 2.21 bits per heavy atom. The van der Waals surface area contributed by atoms with Gasteiger partial charge >= 0.3 is 0 Å². The Labute approximate surface area is 109 Å². The zero-order chi connectivity index (χ0) is 13.2. The number of anilines is 1. The molecule has 1 amide bonds. The predicted molar refractivity (Wildman–Crippen MR) is 71.5 cm³/mol. The third-order valence-corrected chi connectivity index (χ3v) is 2.81. The molecule has 1 aromatic carbocycles. The zero-order valence-corrected chi connectivity index (χ0v) is 10.3. The van der Waals surface area contributed by atoms with Crippen molar-refractivity contribution in [1.82, 2.24) is 4.98 Å². The molecule has 0 radical (unpaired) electrons. The van der Waals surface area contributed by atoms with Crippen molar-refractivity contribution < 1.29 is 13.9 Å². The number of carbonyl (C=O) groups is 1. The maximum absolute atomic E-state index is 12.1. The number of furan rings is 1. The van der Waals surface area contributed by atoms with Crippen LogP contribution in [0.1, 0.15) is 10.5 Å². The van der Waals surface area contributed by atoms with Crippen molar-refractivity contribution in [2.24, 2.45) is 0 Å². The number of nitrogens with one attached hydrogen (secondary N) is 2. The average molecular weight is 256 g/mol. The minimum absolute atomic E-state index is 0.223. The number of aromatic nitrogens is 1. The van der Waals surface area contributed by atoms with Gasteiger partial charge in [0.2, 0.25) is 0 Å². The summed E-state index contributed by atoms with van der Waals surface area (Å²) >= 11 is 0. The van der Waals surface area contributed by atoms with E-state index in [1.807, 2.05) is 12.1 Å². The van der Waals surface area contributed by atoms with Crippen molar-refractivity contribution in [3.8, 4) is 5.75 Å². The van der Waals surface area contributed by atoms with Gasteiger partial charge in [0.15, 0.2) is 5.58 Å². The minimum Gasteiger partial charge on any atom is -0.497 e. The summed E-state index contributed by atoms with van der Waals surface area (Å²) in [7, 11) is 1.58. The average Bonchev–Trinajstić information content (AvgIpc) is 2.99. The number of H-pyrrole nitrogens is 1. The first-order chi connectivity index (χ1) is 9.26. The number of hydrogen-bond acceptors (Lipinski definition) is 3. The lowest BCUT2D eigenvalue weighted by atomic mass is 10.3. The summed E-state index contributed by atoms with van der Waals surface area (Å²) in [5.41, 5.74) is 2.60. The van der Waals surface area contributed by atoms with Crippen LogP contribution in [0.15, 0.2) is 47.1 Å². The summed E-state index contributed by atoms with van der Waals surface area (Å²) in [6, 6.07) is 10.6. The Kier molecular flexibility index (Phi) is 2.72.